The molecule has 1 aliphatic heterocycles. The Balaban J connectivity index is 2.18. The van der Waals surface area contributed by atoms with Gasteiger partial charge in [-0.3, -0.25) is 0 Å². The number of nitrogens with one attached hydrogen (secondary N) is 1. The standard InChI is InChI=1S/C14H23N3O/c1-3-5-12-11-6-7-15-9-13(11)17-14(16-12)10-18-8-4-2/h15H,3-10H2,1-2H3. The molecule has 0 fully saturated rings. The number of hydrogen-bond acceptors (Lipinski definition) is 4. The van der Waals surface area contributed by atoms with Gasteiger partial charge in [0.2, 0.25) is 0 Å². The SMILES string of the molecule is CCCOCc1nc(CCC)c2c(n1)CNCC2. The lowest BCUT2D eigenvalue weighted by Gasteiger charge is -2.20. The smallest absolute Gasteiger partial charge is 0.154 e. The summed E-state index contributed by atoms with van der Waals surface area (Å²) < 4.78 is 5.55. The summed E-state index contributed by atoms with van der Waals surface area (Å²) >= 11 is 0. The second-order valence-corrected chi connectivity index (χ2v) is 4.74. The first-order chi connectivity index (χ1) is 8.85. The van der Waals surface area contributed by atoms with E-state index in [1.807, 2.05) is 0 Å². The first-order valence-electron chi connectivity index (χ1n) is 7.01. The minimum atomic E-state index is 0.540. The molecule has 0 aliphatic carbocycles. The van der Waals surface area contributed by atoms with Crippen LogP contribution in [-0.2, 0) is 30.7 Å². The van der Waals surface area contributed by atoms with Gasteiger partial charge < -0.3 is 10.1 Å². The number of ether oxygens (including phenoxy) is 1. The summed E-state index contributed by atoms with van der Waals surface area (Å²) in [4.78, 5) is 9.31. The normalized spacial score (nSPS) is 14.6. The summed E-state index contributed by atoms with van der Waals surface area (Å²) in [6.07, 6.45) is 4.27. The Morgan fingerprint density at radius 1 is 1.22 bits per heavy atom. The number of fused-ring (bicyclic) bond motifs is 1. The minimum absolute atomic E-state index is 0.540. The maximum absolute atomic E-state index is 5.55. The summed E-state index contributed by atoms with van der Waals surface area (Å²) in [7, 11) is 0. The Hall–Kier alpha value is -1.00. The van der Waals surface area contributed by atoms with E-state index < -0.39 is 0 Å². The lowest BCUT2D eigenvalue weighted by atomic mass is 10.0. The predicted octanol–water partition coefficient (Wildman–Crippen LogP) is 2.00. The van der Waals surface area contributed by atoms with Gasteiger partial charge in [-0.2, -0.15) is 0 Å². The Morgan fingerprint density at radius 2 is 2.11 bits per heavy atom. The highest BCUT2D eigenvalue weighted by Gasteiger charge is 2.16. The van der Waals surface area contributed by atoms with E-state index in [0.29, 0.717) is 6.61 Å². The second-order valence-electron chi connectivity index (χ2n) is 4.74. The van der Waals surface area contributed by atoms with Crippen molar-refractivity contribution in [2.45, 2.75) is 52.7 Å². The highest BCUT2D eigenvalue weighted by atomic mass is 16.5. The van der Waals surface area contributed by atoms with Crippen molar-refractivity contribution in [1.82, 2.24) is 15.3 Å². The Bertz CT molecular complexity index is 393. The molecule has 0 spiro atoms. The first-order valence-corrected chi connectivity index (χ1v) is 7.01. The molecule has 1 aromatic heterocycles. The summed E-state index contributed by atoms with van der Waals surface area (Å²) in [6.45, 7) is 7.54. The number of nitrogens with zero attached hydrogens (tertiary/aromatic N) is 2. The van der Waals surface area contributed by atoms with Gasteiger partial charge in [0.05, 0.1) is 5.69 Å². The van der Waals surface area contributed by atoms with Crippen LogP contribution >= 0.6 is 0 Å². The molecule has 0 aromatic carbocycles. The molecule has 0 atom stereocenters. The van der Waals surface area contributed by atoms with E-state index in [1.54, 1.807) is 0 Å². The minimum Gasteiger partial charge on any atom is -0.373 e. The summed E-state index contributed by atoms with van der Waals surface area (Å²) in [5.41, 5.74) is 3.78. The quantitative estimate of drug-likeness (QED) is 0.783. The van der Waals surface area contributed by atoms with Gasteiger partial charge in [-0.25, -0.2) is 9.97 Å². The van der Waals surface area contributed by atoms with Crippen LogP contribution in [0.3, 0.4) is 0 Å². The van der Waals surface area contributed by atoms with Crippen LogP contribution in [0.2, 0.25) is 0 Å². The van der Waals surface area contributed by atoms with E-state index in [0.717, 1.165) is 51.2 Å². The molecule has 18 heavy (non-hydrogen) atoms. The highest BCUT2D eigenvalue weighted by molar-refractivity contribution is 5.28. The molecule has 1 aromatic rings. The molecule has 0 amide bonds. The van der Waals surface area contributed by atoms with Crippen molar-refractivity contribution in [2.24, 2.45) is 0 Å². The van der Waals surface area contributed by atoms with Crippen molar-refractivity contribution >= 4 is 0 Å². The average Bonchev–Trinajstić information content (AvgIpc) is 2.39. The van der Waals surface area contributed by atoms with Crippen molar-refractivity contribution in [3.05, 3.63) is 22.8 Å². The van der Waals surface area contributed by atoms with Gasteiger partial charge in [-0.15, -0.1) is 0 Å². The summed E-state index contributed by atoms with van der Waals surface area (Å²) in [5.74, 6) is 0.842. The van der Waals surface area contributed by atoms with Crippen LogP contribution in [0.4, 0.5) is 0 Å². The van der Waals surface area contributed by atoms with E-state index in [9.17, 15) is 0 Å². The molecule has 2 rings (SSSR count). The lowest BCUT2D eigenvalue weighted by molar-refractivity contribution is 0.115. The third-order valence-corrected chi connectivity index (χ3v) is 3.14. The van der Waals surface area contributed by atoms with Gasteiger partial charge in [0.1, 0.15) is 6.61 Å². The van der Waals surface area contributed by atoms with Crippen LogP contribution in [0.1, 0.15) is 49.5 Å². The van der Waals surface area contributed by atoms with E-state index in [2.05, 4.69) is 29.1 Å². The molecule has 4 heteroatoms. The van der Waals surface area contributed by atoms with Crippen LogP contribution in [0.25, 0.3) is 0 Å². The fraction of sp³-hybridized carbons (Fsp3) is 0.714. The second kappa shape index (κ2) is 6.81. The fourth-order valence-corrected chi connectivity index (χ4v) is 2.31. The van der Waals surface area contributed by atoms with Crippen LogP contribution in [-0.4, -0.2) is 23.1 Å². The van der Waals surface area contributed by atoms with E-state index in [-0.39, 0.29) is 0 Å². The highest BCUT2D eigenvalue weighted by Crippen LogP contribution is 2.17. The molecule has 0 bridgehead atoms. The van der Waals surface area contributed by atoms with Crippen LogP contribution in [0.15, 0.2) is 0 Å². The van der Waals surface area contributed by atoms with Gasteiger partial charge >= 0.3 is 0 Å². The molecule has 0 saturated heterocycles. The molecule has 0 radical (unpaired) electrons. The number of hydrogen-bond donors (Lipinski definition) is 1. The molecule has 4 nitrogen and oxygen atoms in total. The molecule has 0 unspecified atom stereocenters. The Morgan fingerprint density at radius 3 is 2.89 bits per heavy atom. The van der Waals surface area contributed by atoms with Crippen LogP contribution in [0.5, 0.6) is 0 Å². The topological polar surface area (TPSA) is 47.0 Å². The maximum Gasteiger partial charge on any atom is 0.154 e. The summed E-state index contributed by atoms with van der Waals surface area (Å²) in [6, 6.07) is 0. The molecular formula is C14H23N3O. The number of rotatable bonds is 6. The Kier molecular flexibility index (Phi) is 5.08. The average molecular weight is 249 g/mol. The van der Waals surface area contributed by atoms with Crippen molar-refractivity contribution in [2.75, 3.05) is 13.2 Å². The number of aryl methyl sites for hydroxylation is 1. The monoisotopic (exact) mass is 249 g/mol. The molecule has 100 valence electrons. The maximum atomic E-state index is 5.55. The van der Waals surface area contributed by atoms with Crippen molar-refractivity contribution in [3.8, 4) is 0 Å². The Labute approximate surface area is 109 Å². The van der Waals surface area contributed by atoms with Gasteiger partial charge in [0.25, 0.3) is 0 Å². The molecule has 1 N–H and O–H groups in total. The van der Waals surface area contributed by atoms with Crippen molar-refractivity contribution < 1.29 is 4.74 Å². The van der Waals surface area contributed by atoms with Crippen molar-refractivity contribution in [1.29, 1.82) is 0 Å². The lowest BCUT2D eigenvalue weighted by Crippen LogP contribution is -2.27. The van der Waals surface area contributed by atoms with E-state index >= 15 is 0 Å². The third-order valence-electron chi connectivity index (χ3n) is 3.14. The zero-order valence-corrected chi connectivity index (χ0v) is 11.5. The van der Waals surface area contributed by atoms with Gasteiger partial charge in [0.15, 0.2) is 5.82 Å². The third kappa shape index (κ3) is 3.27. The summed E-state index contributed by atoms with van der Waals surface area (Å²) in [5, 5.41) is 3.37. The van der Waals surface area contributed by atoms with E-state index in [1.165, 1.54) is 17.0 Å². The first kappa shape index (κ1) is 13.4. The zero-order valence-electron chi connectivity index (χ0n) is 11.5. The largest absolute Gasteiger partial charge is 0.373 e. The molecular weight excluding hydrogens is 226 g/mol. The number of aromatic nitrogens is 2. The zero-order chi connectivity index (χ0) is 12.8. The van der Waals surface area contributed by atoms with Gasteiger partial charge in [0, 0.05) is 18.8 Å². The van der Waals surface area contributed by atoms with Crippen LogP contribution < -0.4 is 5.32 Å². The molecule has 0 saturated carbocycles. The van der Waals surface area contributed by atoms with E-state index in [4.69, 9.17) is 4.74 Å². The molecule has 2 heterocycles. The predicted molar refractivity (Wildman–Crippen MR) is 71.4 cm³/mol. The molecule has 1 aliphatic rings. The van der Waals surface area contributed by atoms with Crippen molar-refractivity contribution in [3.63, 3.8) is 0 Å². The van der Waals surface area contributed by atoms with Gasteiger partial charge in [-0.05, 0) is 31.4 Å². The van der Waals surface area contributed by atoms with Gasteiger partial charge in [-0.1, -0.05) is 20.3 Å². The fourth-order valence-electron chi connectivity index (χ4n) is 2.31. The van der Waals surface area contributed by atoms with Crippen LogP contribution in [0, 0.1) is 0 Å².